The average Bonchev–Trinajstić information content (AvgIpc) is 2.47. The van der Waals surface area contributed by atoms with Gasteiger partial charge in [-0.2, -0.15) is 0 Å². The Bertz CT molecular complexity index is 582. The number of non-ortho nitro benzene ring substituents is 1. The van der Waals surface area contributed by atoms with Crippen LogP contribution in [0.4, 0.5) is 11.4 Å². The van der Waals surface area contributed by atoms with Crippen molar-refractivity contribution in [2.45, 2.75) is 6.92 Å². The lowest BCUT2D eigenvalue weighted by atomic mass is 10.1. The molecule has 1 heterocycles. The van der Waals surface area contributed by atoms with Crippen LogP contribution >= 0.6 is 0 Å². The highest BCUT2D eigenvalue weighted by atomic mass is 16.6. The highest BCUT2D eigenvalue weighted by Gasteiger charge is 2.18. The van der Waals surface area contributed by atoms with Crippen LogP contribution in [0.15, 0.2) is 18.2 Å². The van der Waals surface area contributed by atoms with Crippen LogP contribution < -0.4 is 4.90 Å². The van der Waals surface area contributed by atoms with E-state index < -0.39 is 4.92 Å². The molecule has 0 unspecified atom stereocenters. The number of hydrogen-bond acceptors (Lipinski definition) is 7. The normalized spacial score (nSPS) is 14.6. The Hall–Kier alpha value is -2.48. The van der Waals surface area contributed by atoms with Crippen molar-refractivity contribution in [1.82, 2.24) is 0 Å². The summed E-state index contributed by atoms with van der Waals surface area (Å²) < 4.78 is 10.2. The van der Waals surface area contributed by atoms with Gasteiger partial charge in [-0.05, 0) is 6.07 Å². The standard InChI is InChI=1S/C13H16N4O4/c1-9(14)21-13(15)10-6-11(8-12(7-10)17(18)19)16-2-4-20-5-3-16/h6-8,14-15H,2-5H2,1H3. The van der Waals surface area contributed by atoms with Crippen LogP contribution in [-0.4, -0.2) is 43.0 Å². The summed E-state index contributed by atoms with van der Waals surface area (Å²) in [4.78, 5) is 12.5. The number of rotatable bonds is 3. The minimum Gasteiger partial charge on any atom is -0.426 e. The quantitative estimate of drug-likeness (QED) is 0.381. The summed E-state index contributed by atoms with van der Waals surface area (Å²) >= 11 is 0. The van der Waals surface area contributed by atoms with Gasteiger partial charge in [0.15, 0.2) is 5.90 Å². The zero-order valence-corrected chi connectivity index (χ0v) is 11.6. The molecule has 2 rings (SSSR count). The lowest BCUT2D eigenvalue weighted by molar-refractivity contribution is -0.384. The third-order valence-electron chi connectivity index (χ3n) is 3.01. The minimum absolute atomic E-state index is 0.107. The van der Waals surface area contributed by atoms with E-state index in [1.54, 1.807) is 6.07 Å². The summed E-state index contributed by atoms with van der Waals surface area (Å²) in [6.45, 7) is 3.79. The molecule has 1 aromatic rings. The second-order valence-electron chi connectivity index (χ2n) is 4.58. The van der Waals surface area contributed by atoms with Gasteiger partial charge in [-0.15, -0.1) is 0 Å². The molecule has 1 aliphatic heterocycles. The first-order chi connectivity index (χ1) is 9.97. The van der Waals surface area contributed by atoms with E-state index in [-0.39, 0.29) is 23.0 Å². The molecule has 0 saturated carbocycles. The van der Waals surface area contributed by atoms with Crippen molar-refractivity contribution >= 4 is 23.2 Å². The molecule has 8 nitrogen and oxygen atoms in total. The fourth-order valence-electron chi connectivity index (χ4n) is 2.05. The number of anilines is 1. The highest BCUT2D eigenvalue weighted by molar-refractivity contribution is 5.99. The van der Waals surface area contributed by atoms with Gasteiger partial charge in [0.05, 0.1) is 18.1 Å². The van der Waals surface area contributed by atoms with Gasteiger partial charge in [0, 0.05) is 43.4 Å². The van der Waals surface area contributed by atoms with Crippen LogP contribution in [0.1, 0.15) is 12.5 Å². The molecule has 0 bridgehead atoms. The van der Waals surface area contributed by atoms with Gasteiger partial charge in [-0.1, -0.05) is 0 Å². The third kappa shape index (κ3) is 3.76. The fraction of sp³-hybridized carbons (Fsp3) is 0.385. The number of nitro groups is 1. The van der Waals surface area contributed by atoms with Crippen LogP contribution in [0, 0.1) is 20.9 Å². The Morgan fingerprint density at radius 3 is 2.57 bits per heavy atom. The molecule has 0 atom stereocenters. The first-order valence-corrected chi connectivity index (χ1v) is 6.41. The summed E-state index contributed by atoms with van der Waals surface area (Å²) in [7, 11) is 0. The zero-order chi connectivity index (χ0) is 15.4. The largest absolute Gasteiger partial charge is 0.426 e. The van der Waals surface area contributed by atoms with Gasteiger partial charge in [0.25, 0.3) is 5.69 Å². The Morgan fingerprint density at radius 2 is 2.00 bits per heavy atom. The van der Waals surface area contributed by atoms with Crippen LogP contribution in [0.5, 0.6) is 0 Å². The van der Waals surface area contributed by atoms with Crippen molar-refractivity contribution < 1.29 is 14.4 Å². The lowest BCUT2D eigenvalue weighted by Gasteiger charge is -2.29. The summed E-state index contributed by atoms with van der Waals surface area (Å²) in [5.74, 6) is -0.417. The summed E-state index contributed by atoms with van der Waals surface area (Å²) in [5, 5.41) is 26.1. The molecule has 1 aliphatic rings. The topological polar surface area (TPSA) is 113 Å². The van der Waals surface area contributed by atoms with Crippen LogP contribution in [0.2, 0.25) is 0 Å². The maximum absolute atomic E-state index is 11.0. The van der Waals surface area contributed by atoms with Gasteiger partial charge in [-0.25, -0.2) is 0 Å². The minimum atomic E-state index is -0.502. The predicted molar refractivity (Wildman–Crippen MR) is 77.4 cm³/mol. The summed E-state index contributed by atoms with van der Waals surface area (Å²) in [5.41, 5.74) is 0.820. The molecule has 112 valence electrons. The van der Waals surface area contributed by atoms with Crippen molar-refractivity contribution in [3.8, 4) is 0 Å². The van der Waals surface area contributed by atoms with E-state index in [0.717, 1.165) is 0 Å². The van der Waals surface area contributed by atoms with E-state index in [4.69, 9.17) is 20.3 Å². The monoisotopic (exact) mass is 292 g/mol. The summed E-state index contributed by atoms with van der Waals surface area (Å²) in [6.07, 6.45) is 0. The van der Waals surface area contributed by atoms with Gasteiger partial charge < -0.3 is 14.4 Å². The second-order valence-corrected chi connectivity index (χ2v) is 4.58. The average molecular weight is 292 g/mol. The highest BCUT2D eigenvalue weighted by Crippen LogP contribution is 2.25. The van der Waals surface area contributed by atoms with Crippen molar-refractivity contribution in [2.24, 2.45) is 0 Å². The second kappa shape index (κ2) is 6.31. The van der Waals surface area contributed by atoms with Crippen LogP contribution in [0.25, 0.3) is 0 Å². The zero-order valence-electron chi connectivity index (χ0n) is 11.6. The lowest BCUT2D eigenvalue weighted by Crippen LogP contribution is -2.36. The third-order valence-corrected chi connectivity index (χ3v) is 3.01. The van der Waals surface area contributed by atoms with E-state index in [1.807, 2.05) is 4.90 Å². The van der Waals surface area contributed by atoms with E-state index in [1.165, 1.54) is 19.1 Å². The smallest absolute Gasteiger partial charge is 0.272 e. The van der Waals surface area contributed by atoms with E-state index >= 15 is 0 Å². The van der Waals surface area contributed by atoms with Gasteiger partial charge in [0.1, 0.15) is 0 Å². The fourth-order valence-corrected chi connectivity index (χ4v) is 2.05. The van der Waals surface area contributed by atoms with Crippen LogP contribution in [0.3, 0.4) is 0 Å². The molecule has 1 aromatic carbocycles. The molecule has 1 fully saturated rings. The molecular weight excluding hydrogens is 276 g/mol. The van der Waals surface area contributed by atoms with Crippen molar-refractivity contribution in [3.63, 3.8) is 0 Å². The van der Waals surface area contributed by atoms with Crippen molar-refractivity contribution in [3.05, 3.63) is 33.9 Å². The molecular formula is C13H16N4O4. The Kier molecular flexibility index (Phi) is 4.49. The molecule has 0 aliphatic carbocycles. The van der Waals surface area contributed by atoms with Gasteiger partial charge in [0.2, 0.25) is 5.90 Å². The van der Waals surface area contributed by atoms with E-state index in [0.29, 0.717) is 32.0 Å². The number of benzene rings is 1. The van der Waals surface area contributed by atoms with Gasteiger partial charge >= 0.3 is 0 Å². The number of ether oxygens (including phenoxy) is 2. The van der Waals surface area contributed by atoms with Gasteiger partial charge in [-0.3, -0.25) is 20.9 Å². The first kappa shape index (κ1) is 14.9. The Balaban J connectivity index is 2.35. The Labute approximate surface area is 121 Å². The molecule has 21 heavy (non-hydrogen) atoms. The molecule has 8 heteroatoms. The predicted octanol–water partition coefficient (Wildman–Crippen LogP) is 1.77. The molecule has 2 N–H and O–H groups in total. The first-order valence-electron chi connectivity index (χ1n) is 6.41. The number of nitrogens with zero attached hydrogens (tertiary/aromatic N) is 2. The number of nitrogens with one attached hydrogen (secondary N) is 2. The van der Waals surface area contributed by atoms with Crippen molar-refractivity contribution in [2.75, 3.05) is 31.2 Å². The number of morpholine rings is 1. The van der Waals surface area contributed by atoms with Crippen LogP contribution in [-0.2, 0) is 9.47 Å². The van der Waals surface area contributed by atoms with E-state index in [2.05, 4.69) is 0 Å². The molecule has 0 spiro atoms. The van der Waals surface area contributed by atoms with Crippen molar-refractivity contribution in [1.29, 1.82) is 10.8 Å². The Morgan fingerprint density at radius 1 is 1.33 bits per heavy atom. The SMILES string of the molecule is CC(=N)OC(=N)c1cc(N2CCOCC2)cc([N+](=O)[O-])c1. The number of nitro benzene ring substituents is 1. The maximum atomic E-state index is 11.0. The molecule has 1 saturated heterocycles. The maximum Gasteiger partial charge on any atom is 0.272 e. The molecule has 0 aromatic heterocycles. The molecule has 0 radical (unpaired) electrons. The number of hydrogen-bond donors (Lipinski definition) is 2. The summed E-state index contributed by atoms with van der Waals surface area (Å²) in [6, 6.07) is 4.40. The molecule has 0 amide bonds. The van der Waals surface area contributed by atoms with E-state index in [9.17, 15) is 10.1 Å².